The van der Waals surface area contributed by atoms with E-state index in [9.17, 15) is 9.90 Å². The summed E-state index contributed by atoms with van der Waals surface area (Å²) < 4.78 is 0. The van der Waals surface area contributed by atoms with E-state index >= 15 is 0 Å². The van der Waals surface area contributed by atoms with Crippen LogP contribution in [0.4, 0.5) is 5.69 Å². The van der Waals surface area contributed by atoms with Gasteiger partial charge in [-0.3, -0.25) is 9.79 Å². The maximum Gasteiger partial charge on any atom is 0.150 e. The van der Waals surface area contributed by atoms with Gasteiger partial charge in [0.2, 0.25) is 0 Å². The van der Waals surface area contributed by atoms with E-state index in [4.69, 9.17) is 0 Å². The van der Waals surface area contributed by atoms with Crippen LogP contribution in [-0.2, 0) is 0 Å². The number of aryl methyl sites for hydroxylation is 1. The second-order valence-electron chi connectivity index (χ2n) is 5.16. The molecule has 0 saturated heterocycles. The van der Waals surface area contributed by atoms with Crippen LogP contribution >= 0.6 is 0 Å². The molecule has 0 unspecified atom stereocenters. The molecule has 0 atom stereocenters. The molecule has 0 aliphatic heterocycles. The van der Waals surface area contributed by atoms with E-state index in [2.05, 4.69) is 4.99 Å². The smallest absolute Gasteiger partial charge is 0.150 e. The highest BCUT2D eigenvalue weighted by atomic mass is 16.3. The molecule has 0 aromatic heterocycles. The SMILES string of the molecule is Cc1ccc(N=Cc2cc(C=O)c3ccccc3c2O)cc1. The van der Waals surface area contributed by atoms with Crippen LogP contribution in [-0.4, -0.2) is 17.6 Å². The quantitative estimate of drug-likeness (QED) is 0.573. The number of rotatable bonds is 3. The van der Waals surface area contributed by atoms with E-state index in [-0.39, 0.29) is 5.75 Å². The van der Waals surface area contributed by atoms with Gasteiger partial charge in [0.05, 0.1) is 5.69 Å². The summed E-state index contributed by atoms with van der Waals surface area (Å²) in [6.45, 7) is 2.01. The zero-order valence-electron chi connectivity index (χ0n) is 12.2. The average molecular weight is 289 g/mol. The lowest BCUT2D eigenvalue weighted by Crippen LogP contribution is -1.90. The molecule has 0 radical (unpaired) electrons. The molecule has 0 saturated carbocycles. The molecule has 3 aromatic rings. The fourth-order valence-electron chi connectivity index (χ4n) is 2.38. The van der Waals surface area contributed by atoms with Gasteiger partial charge in [-0.1, -0.05) is 42.0 Å². The van der Waals surface area contributed by atoms with E-state index in [1.807, 2.05) is 49.4 Å². The van der Waals surface area contributed by atoms with Gasteiger partial charge < -0.3 is 5.11 Å². The zero-order chi connectivity index (χ0) is 15.5. The van der Waals surface area contributed by atoms with Crippen molar-refractivity contribution < 1.29 is 9.90 Å². The second-order valence-corrected chi connectivity index (χ2v) is 5.16. The van der Waals surface area contributed by atoms with Crippen LogP contribution in [0.15, 0.2) is 59.6 Å². The Bertz CT molecular complexity index is 864. The first-order valence-corrected chi connectivity index (χ1v) is 6.99. The van der Waals surface area contributed by atoms with Gasteiger partial charge in [0.25, 0.3) is 0 Å². The molecule has 0 bridgehead atoms. The summed E-state index contributed by atoms with van der Waals surface area (Å²) in [5.74, 6) is 0.136. The number of phenols is 1. The summed E-state index contributed by atoms with van der Waals surface area (Å²) in [6.07, 6.45) is 2.38. The van der Waals surface area contributed by atoms with Gasteiger partial charge >= 0.3 is 0 Å². The molecule has 0 fully saturated rings. The van der Waals surface area contributed by atoms with Crippen LogP contribution in [0, 0.1) is 6.92 Å². The van der Waals surface area contributed by atoms with E-state index in [0.717, 1.165) is 22.9 Å². The monoisotopic (exact) mass is 289 g/mol. The third-order valence-electron chi connectivity index (χ3n) is 3.59. The van der Waals surface area contributed by atoms with Crippen molar-refractivity contribution in [3.8, 4) is 5.75 Å². The van der Waals surface area contributed by atoms with Gasteiger partial charge in [-0.25, -0.2) is 0 Å². The minimum absolute atomic E-state index is 0.136. The predicted octanol–water partition coefficient (Wildman–Crippen LogP) is 4.42. The largest absolute Gasteiger partial charge is 0.507 e. The van der Waals surface area contributed by atoms with Crippen LogP contribution < -0.4 is 0 Å². The summed E-state index contributed by atoms with van der Waals surface area (Å²) in [4.78, 5) is 15.6. The Kier molecular flexibility index (Phi) is 3.71. The molecule has 3 heteroatoms. The van der Waals surface area contributed by atoms with Gasteiger partial charge in [-0.05, 0) is 30.5 Å². The molecular formula is C19H15NO2. The number of aliphatic imine (C=N–C) groups is 1. The first-order valence-electron chi connectivity index (χ1n) is 6.99. The Morgan fingerprint density at radius 3 is 2.32 bits per heavy atom. The lowest BCUT2D eigenvalue weighted by Gasteiger charge is -2.07. The Labute approximate surface area is 128 Å². The molecule has 22 heavy (non-hydrogen) atoms. The van der Waals surface area contributed by atoms with Crippen molar-refractivity contribution in [3.05, 3.63) is 71.3 Å². The van der Waals surface area contributed by atoms with E-state index in [1.165, 1.54) is 0 Å². The van der Waals surface area contributed by atoms with E-state index in [0.29, 0.717) is 16.5 Å². The Morgan fingerprint density at radius 2 is 1.64 bits per heavy atom. The van der Waals surface area contributed by atoms with Gasteiger partial charge in [-0.15, -0.1) is 0 Å². The molecule has 0 aliphatic carbocycles. The molecule has 1 N–H and O–H groups in total. The van der Waals surface area contributed by atoms with E-state index in [1.54, 1.807) is 18.3 Å². The minimum atomic E-state index is 0.136. The molecule has 0 aliphatic rings. The summed E-state index contributed by atoms with van der Waals surface area (Å²) in [5.41, 5.74) is 3.03. The van der Waals surface area contributed by atoms with Gasteiger partial charge in [-0.2, -0.15) is 0 Å². The number of hydrogen-bond acceptors (Lipinski definition) is 3. The first-order chi connectivity index (χ1) is 10.7. The Balaban J connectivity index is 2.09. The van der Waals surface area contributed by atoms with Crippen LogP contribution in [0.25, 0.3) is 10.8 Å². The highest BCUT2D eigenvalue weighted by Crippen LogP contribution is 2.30. The van der Waals surface area contributed by atoms with Crippen LogP contribution in [0.5, 0.6) is 5.75 Å². The fraction of sp³-hybridized carbons (Fsp3) is 0.0526. The number of benzene rings is 3. The average Bonchev–Trinajstić information content (AvgIpc) is 2.56. The molecule has 0 heterocycles. The maximum absolute atomic E-state index is 11.3. The van der Waals surface area contributed by atoms with Crippen molar-refractivity contribution >= 4 is 29.0 Å². The molecule has 108 valence electrons. The minimum Gasteiger partial charge on any atom is -0.507 e. The third kappa shape index (κ3) is 2.61. The van der Waals surface area contributed by atoms with E-state index < -0.39 is 0 Å². The normalized spacial score (nSPS) is 11.1. The Morgan fingerprint density at radius 1 is 0.955 bits per heavy atom. The topological polar surface area (TPSA) is 49.7 Å². The summed E-state index contributed by atoms with van der Waals surface area (Å²) >= 11 is 0. The lowest BCUT2D eigenvalue weighted by atomic mass is 10.0. The number of fused-ring (bicyclic) bond motifs is 1. The van der Waals surface area contributed by atoms with Gasteiger partial charge in [0.1, 0.15) is 5.75 Å². The second kappa shape index (κ2) is 5.82. The predicted molar refractivity (Wildman–Crippen MR) is 89.4 cm³/mol. The van der Waals surface area contributed by atoms with Crippen LogP contribution in [0.1, 0.15) is 21.5 Å². The number of nitrogens with zero attached hydrogens (tertiary/aromatic N) is 1. The standard InChI is InChI=1S/C19H15NO2/c1-13-6-8-16(9-7-13)20-11-14-10-15(12-21)17-4-2-3-5-18(17)19(14)22/h2-12,22H,1H3. The number of aromatic hydroxyl groups is 1. The number of aldehydes is 1. The van der Waals surface area contributed by atoms with Crippen molar-refractivity contribution in [2.24, 2.45) is 4.99 Å². The summed E-state index contributed by atoms with van der Waals surface area (Å²) in [5, 5.41) is 11.8. The van der Waals surface area contributed by atoms with Crippen molar-refractivity contribution in [1.82, 2.24) is 0 Å². The molecule has 3 aromatic carbocycles. The number of hydrogen-bond donors (Lipinski definition) is 1. The summed E-state index contributed by atoms with van der Waals surface area (Å²) in [6, 6.07) is 16.7. The van der Waals surface area contributed by atoms with Crippen LogP contribution in [0.3, 0.4) is 0 Å². The first kappa shape index (κ1) is 14.0. The molecule has 0 amide bonds. The highest BCUT2D eigenvalue weighted by Gasteiger charge is 2.09. The molecule has 3 rings (SSSR count). The Hall–Kier alpha value is -2.94. The van der Waals surface area contributed by atoms with Gasteiger partial charge in [0.15, 0.2) is 6.29 Å². The maximum atomic E-state index is 11.3. The molecule has 0 spiro atoms. The highest BCUT2D eigenvalue weighted by molar-refractivity contribution is 6.05. The van der Waals surface area contributed by atoms with Crippen molar-refractivity contribution in [3.63, 3.8) is 0 Å². The number of carbonyl (C=O) groups is 1. The third-order valence-corrected chi connectivity index (χ3v) is 3.59. The van der Waals surface area contributed by atoms with Crippen molar-refractivity contribution in [1.29, 1.82) is 0 Å². The lowest BCUT2D eigenvalue weighted by molar-refractivity contribution is 0.112. The fourth-order valence-corrected chi connectivity index (χ4v) is 2.38. The zero-order valence-corrected chi connectivity index (χ0v) is 12.2. The van der Waals surface area contributed by atoms with Gasteiger partial charge in [0, 0.05) is 22.7 Å². The molecule has 3 nitrogen and oxygen atoms in total. The molecular weight excluding hydrogens is 274 g/mol. The van der Waals surface area contributed by atoms with Crippen molar-refractivity contribution in [2.75, 3.05) is 0 Å². The number of phenolic OH excluding ortho intramolecular Hbond substituents is 1. The summed E-state index contributed by atoms with van der Waals surface area (Å²) in [7, 11) is 0. The van der Waals surface area contributed by atoms with Crippen LogP contribution in [0.2, 0.25) is 0 Å². The number of carbonyl (C=O) groups excluding carboxylic acids is 1. The van der Waals surface area contributed by atoms with Crippen molar-refractivity contribution in [2.45, 2.75) is 6.92 Å².